The van der Waals surface area contributed by atoms with E-state index in [9.17, 15) is 8.78 Å². The van der Waals surface area contributed by atoms with E-state index in [4.69, 9.17) is 5.11 Å². The van der Waals surface area contributed by atoms with Crippen LogP contribution in [0.3, 0.4) is 0 Å². The highest BCUT2D eigenvalue weighted by molar-refractivity contribution is 5.40. The zero-order valence-electron chi connectivity index (χ0n) is 12.1. The lowest BCUT2D eigenvalue weighted by Crippen LogP contribution is -2.07. The average molecular weight is 299 g/mol. The maximum Gasteiger partial charge on any atom is 0.257 e. The Kier molecular flexibility index (Phi) is 4.89. The number of rotatable bonds is 7. The molecule has 0 unspecified atom stereocenters. The lowest BCUT2D eigenvalue weighted by atomic mass is 10.2. The van der Waals surface area contributed by atoms with E-state index in [-0.39, 0.29) is 6.61 Å². The fourth-order valence-corrected chi connectivity index (χ4v) is 2.19. The second-order valence-corrected chi connectivity index (χ2v) is 4.79. The minimum Gasteiger partial charge on any atom is -0.394 e. The van der Waals surface area contributed by atoms with Crippen molar-refractivity contribution in [2.24, 2.45) is 0 Å². The van der Waals surface area contributed by atoms with Crippen LogP contribution in [0, 0.1) is 13.8 Å². The van der Waals surface area contributed by atoms with Crippen molar-refractivity contribution in [2.45, 2.75) is 39.9 Å². The maximum absolute atomic E-state index is 12.2. The van der Waals surface area contributed by atoms with Gasteiger partial charge in [-0.3, -0.25) is 9.36 Å². The maximum atomic E-state index is 12.2. The Morgan fingerprint density at radius 1 is 1.38 bits per heavy atom. The Morgan fingerprint density at radius 2 is 2.14 bits per heavy atom. The first-order valence-electron chi connectivity index (χ1n) is 6.69. The summed E-state index contributed by atoms with van der Waals surface area (Å²) >= 11 is 0. The minimum absolute atomic E-state index is 0.0369. The molecule has 21 heavy (non-hydrogen) atoms. The number of aryl methyl sites for hydroxylation is 1. The summed E-state index contributed by atoms with van der Waals surface area (Å²) < 4.78 is 27.5. The topological polar surface area (TPSA) is 67.9 Å². The molecule has 0 radical (unpaired) electrons. The van der Waals surface area contributed by atoms with Gasteiger partial charge in [-0.25, -0.2) is 8.78 Å². The molecule has 0 saturated carbocycles. The Balaban J connectivity index is 2.01. The third-order valence-electron chi connectivity index (χ3n) is 3.27. The van der Waals surface area contributed by atoms with E-state index in [1.165, 1.54) is 10.9 Å². The van der Waals surface area contributed by atoms with Crippen LogP contribution in [0.15, 0.2) is 12.4 Å². The lowest BCUT2D eigenvalue weighted by Gasteiger charge is -2.05. The molecule has 2 rings (SSSR count). The van der Waals surface area contributed by atoms with Crippen LogP contribution in [0.1, 0.15) is 17.0 Å². The number of alkyl halides is 2. The highest BCUT2D eigenvalue weighted by Gasteiger charge is 2.11. The van der Waals surface area contributed by atoms with E-state index < -0.39 is 13.0 Å². The number of aromatic nitrogens is 4. The minimum atomic E-state index is -2.42. The highest BCUT2D eigenvalue weighted by Crippen LogP contribution is 2.15. The number of anilines is 1. The van der Waals surface area contributed by atoms with Gasteiger partial charge in [0.25, 0.3) is 6.43 Å². The molecule has 0 aromatic carbocycles. The molecule has 116 valence electrons. The molecule has 2 aromatic heterocycles. The van der Waals surface area contributed by atoms with Crippen LogP contribution in [-0.2, 0) is 19.6 Å². The average Bonchev–Trinajstić information content (AvgIpc) is 2.94. The molecule has 0 saturated heterocycles. The fourth-order valence-electron chi connectivity index (χ4n) is 2.19. The summed E-state index contributed by atoms with van der Waals surface area (Å²) in [5, 5.41) is 20.3. The van der Waals surface area contributed by atoms with Crippen LogP contribution >= 0.6 is 0 Å². The summed E-state index contributed by atoms with van der Waals surface area (Å²) in [5.74, 6) is 0. The molecule has 0 bridgehead atoms. The van der Waals surface area contributed by atoms with Crippen molar-refractivity contribution in [2.75, 3.05) is 11.9 Å². The fraction of sp³-hybridized carbons (Fsp3) is 0.538. The Labute approximate surface area is 121 Å². The number of aliphatic hydroxyl groups is 1. The van der Waals surface area contributed by atoms with E-state index in [2.05, 4.69) is 15.5 Å². The summed E-state index contributed by atoms with van der Waals surface area (Å²) in [6.07, 6.45) is 0.652. The second kappa shape index (κ2) is 6.66. The lowest BCUT2D eigenvalue weighted by molar-refractivity contribution is 0.122. The van der Waals surface area contributed by atoms with Gasteiger partial charge in [-0.1, -0.05) is 0 Å². The van der Waals surface area contributed by atoms with Gasteiger partial charge in [-0.05, 0) is 13.8 Å². The predicted molar refractivity (Wildman–Crippen MR) is 74.3 cm³/mol. The van der Waals surface area contributed by atoms with Gasteiger partial charge < -0.3 is 10.4 Å². The smallest absolute Gasteiger partial charge is 0.257 e. The molecular weight excluding hydrogens is 280 g/mol. The van der Waals surface area contributed by atoms with Crippen molar-refractivity contribution in [1.82, 2.24) is 19.6 Å². The van der Waals surface area contributed by atoms with Crippen LogP contribution in [-0.4, -0.2) is 37.7 Å². The molecule has 0 amide bonds. The number of nitrogens with zero attached hydrogens (tertiary/aromatic N) is 4. The first kappa shape index (κ1) is 15.4. The van der Waals surface area contributed by atoms with Crippen LogP contribution in [0.2, 0.25) is 0 Å². The van der Waals surface area contributed by atoms with Gasteiger partial charge in [0.15, 0.2) is 0 Å². The molecule has 0 aliphatic rings. The van der Waals surface area contributed by atoms with Crippen molar-refractivity contribution < 1.29 is 13.9 Å². The van der Waals surface area contributed by atoms with Crippen molar-refractivity contribution in [1.29, 1.82) is 0 Å². The van der Waals surface area contributed by atoms with Gasteiger partial charge in [0.2, 0.25) is 0 Å². The Bertz CT molecular complexity index is 593. The number of hydrogen-bond donors (Lipinski definition) is 2. The molecule has 6 nitrogen and oxygen atoms in total. The Hall–Kier alpha value is -1.96. The third kappa shape index (κ3) is 3.78. The number of halogens is 2. The highest BCUT2D eigenvalue weighted by atomic mass is 19.3. The number of nitrogens with one attached hydrogen (secondary N) is 1. The van der Waals surface area contributed by atoms with Gasteiger partial charge in [0.05, 0.1) is 30.7 Å². The number of aliphatic hydroxyl groups excluding tert-OH is 1. The molecule has 0 aliphatic carbocycles. The van der Waals surface area contributed by atoms with Gasteiger partial charge in [-0.15, -0.1) is 0 Å². The SMILES string of the molecule is Cc1nn(CCO)c(C)c1CNc1cnn(CC(F)F)c1. The van der Waals surface area contributed by atoms with Crippen LogP contribution in [0.5, 0.6) is 0 Å². The molecule has 0 spiro atoms. The molecule has 8 heteroatoms. The standard InChI is InChI=1S/C13H19F2N5O/c1-9-12(10(2)20(18-9)3-4-21)6-16-11-5-17-19(7-11)8-13(14)15/h5,7,13,16,21H,3-4,6,8H2,1-2H3. The molecule has 2 N–H and O–H groups in total. The van der Waals surface area contributed by atoms with Crippen molar-refractivity contribution in [3.05, 3.63) is 29.3 Å². The van der Waals surface area contributed by atoms with E-state index in [0.717, 1.165) is 17.0 Å². The first-order valence-corrected chi connectivity index (χ1v) is 6.69. The predicted octanol–water partition coefficient (Wildman–Crippen LogP) is 1.57. The zero-order chi connectivity index (χ0) is 15.4. The van der Waals surface area contributed by atoms with E-state index in [1.54, 1.807) is 10.9 Å². The van der Waals surface area contributed by atoms with E-state index >= 15 is 0 Å². The summed E-state index contributed by atoms with van der Waals surface area (Å²) in [7, 11) is 0. The van der Waals surface area contributed by atoms with Gasteiger partial charge in [-0.2, -0.15) is 10.2 Å². The molecular formula is C13H19F2N5O. The zero-order valence-corrected chi connectivity index (χ0v) is 12.1. The van der Waals surface area contributed by atoms with Crippen molar-refractivity contribution >= 4 is 5.69 Å². The summed E-state index contributed by atoms with van der Waals surface area (Å²) in [5.41, 5.74) is 3.58. The normalized spacial score (nSPS) is 11.3. The van der Waals surface area contributed by atoms with Crippen LogP contribution in [0.25, 0.3) is 0 Å². The molecule has 0 atom stereocenters. The molecule has 0 aliphatic heterocycles. The second-order valence-electron chi connectivity index (χ2n) is 4.79. The largest absolute Gasteiger partial charge is 0.394 e. The summed E-state index contributed by atoms with van der Waals surface area (Å²) in [6, 6.07) is 0. The van der Waals surface area contributed by atoms with Gasteiger partial charge >= 0.3 is 0 Å². The quantitative estimate of drug-likeness (QED) is 0.814. The van der Waals surface area contributed by atoms with Crippen molar-refractivity contribution in [3.8, 4) is 0 Å². The molecule has 0 fully saturated rings. The van der Waals surface area contributed by atoms with E-state index in [1.807, 2.05) is 13.8 Å². The monoisotopic (exact) mass is 299 g/mol. The third-order valence-corrected chi connectivity index (χ3v) is 3.27. The molecule has 2 heterocycles. The summed E-state index contributed by atoms with van der Waals surface area (Å²) in [4.78, 5) is 0. The van der Waals surface area contributed by atoms with Crippen molar-refractivity contribution in [3.63, 3.8) is 0 Å². The number of hydrogen-bond acceptors (Lipinski definition) is 4. The van der Waals surface area contributed by atoms with Gasteiger partial charge in [0, 0.05) is 24.0 Å². The molecule has 2 aromatic rings. The Morgan fingerprint density at radius 3 is 2.81 bits per heavy atom. The van der Waals surface area contributed by atoms with Crippen LogP contribution < -0.4 is 5.32 Å². The van der Waals surface area contributed by atoms with E-state index in [0.29, 0.717) is 18.8 Å². The summed E-state index contributed by atoms with van der Waals surface area (Å²) in [6.45, 7) is 4.46. The van der Waals surface area contributed by atoms with Gasteiger partial charge in [0.1, 0.15) is 6.54 Å². The first-order chi connectivity index (χ1) is 10.0. The van der Waals surface area contributed by atoms with Crippen LogP contribution in [0.4, 0.5) is 14.5 Å².